The second-order valence-electron chi connectivity index (χ2n) is 6.77. The third kappa shape index (κ3) is 3.58. The van der Waals surface area contributed by atoms with Crippen LogP contribution in [0.15, 0.2) is 12.7 Å². The van der Waals surface area contributed by atoms with Crippen molar-refractivity contribution >= 4 is 6.09 Å². The highest BCUT2D eigenvalue weighted by atomic mass is 16.7. The zero-order chi connectivity index (χ0) is 15.7. The van der Waals surface area contributed by atoms with E-state index in [2.05, 4.69) is 13.5 Å². The molecule has 1 spiro atoms. The summed E-state index contributed by atoms with van der Waals surface area (Å²) < 4.78 is 17.2. The maximum absolute atomic E-state index is 12.5. The highest BCUT2D eigenvalue weighted by Crippen LogP contribution is 2.39. The first-order valence-corrected chi connectivity index (χ1v) is 7.72. The standard InChI is InChI=1S/C16H27NO4/c1-6-12-10-16(19-8-9-20-16)11-13(7-2)17(12)14(18)21-15(3,4)5/h6,12-13H,1,7-11H2,2-5H3. The van der Waals surface area contributed by atoms with Gasteiger partial charge in [0, 0.05) is 18.9 Å². The van der Waals surface area contributed by atoms with Gasteiger partial charge in [-0.15, -0.1) is 6.58 Å². The van der Waals surface area contributed by atoms with Crippen LogP contribution in [0.1, 0.15) is 47.0 Å². The fraction of sp³-hybridized carbons (Fsp3) is 0.812. The Bertz CT molecular complexity index is 396. The topological polar surface area (TPSA) is 48.0 Å². The molecule has 2 rings (SSSR count). The van der Waals surface area contributed by atoms with E-state index in [0.717, 1.165) is 6.42 Å². The van der Waals surface area contributed by atoms with E-state index in [1.54, 1.807) is 11.0 Å². The second-order valence-corrected chi connectivity index (χ2v) is 6.77. The Morgan fingerprint density at radius 1 is 1.38 bits per heavy atom. The van der Waals surface area contributed by atoms with Gasteiger partial charge in [-0.25, -0.2) is 4.79 Å². The summed E-state index contributed by atoms with van der Waals surface area (Å²) in [6, 6.07) is -0.0913. The monoisotopic (exact) mass is 297 g/mol. The van der Waals surface area contributed by atoms with Crippen LogP contribution in [0.25, 0.3) is 0 Å². The molecule has 0 bridgehead atoms. The number of likely N-dealkylation sites (tertiary alicyclic amines) is 1. The van der Waals surface area contributed by atoms with Crippen LogP contribution in [-0.4, -0.2) is 47.7 Å². The molecule has 0 radical (unpaired) electrons. The summed E-state index contributed by atoms with van der Waals surface area (Å²) in [6.07, 6.45) is 3.64. The molecule has 2 aliphatic rings. The lowest BCUT2D eigenvalue weighted by atomic mass is 9.89. The molecule has 2 saturated heterocycles. The van der Waals surface area contributed by atoms with Gasteiger partial charge in [0.05, 0.1) is 19.3 Å². The van der Waals surface area contributed by atoms with Crippen molar-refractivity contribution in [3.05, 3.63) is 12.7 Å². The Labute approximate surface area is 127 Å². The largest absolute Gasteiger partial charge is 0.444 e. The van der Waals surface area contributed by atoms with Gasteiger partial charge in [0.2, 0.25) is 0 Å². The van der Waals surface area contributed by atoms with Crippen molar-refractivity contribution in [2.75, 3.05) is 13.2 Å². The number of hydrogen-bond donors (Lipinski definition) is 0. The normalized spacial score (nSPS) is 28.7. The van der Waals surface area contributed by atoms with E-state index in [0.29, 0.717) is 26.1 Å². The van der Waals surface area contributed by atoms with E-state index >= 15 is 0 Å². The average molecular weight is 297 g/mol. The van der Waals surface area contributed by atoms with E-state index < -0.39 is 11.4 Å². The quantitative estimate of drug-likeness (QED) is 0.735. The number of ether oxygens (including phenoxy) is 3. The molecule has 2 aliphatic heterocycles. The Hall–Kier alpha value is -1.07. The lowest BCUT2D eigenvalue weighted by Crippen LogP contribution is -2.58. The van der Waals surface area contributed by atoms with E-state index in [1.807, 2.05) is 20.8 Å². The summed E-state index contributed by atoms with van der Waals surface area (Å²) in [5, 5.41) is 0. The molecule has 120 valence electrons. The number of carbonyl (C=O) groups excluding carboxylic acids is 1. The minimum Gasteiger partial charge on any atom is -0.444 e. The molecule has 0 aromatic carbocycles. The van der Waals surface area contributed by atoms with Gasteiger partial charge in [0.15, 0.2) is 5.79 Å². The first kappa shape index (κ1) is 16.3. The summed E-state index contributed by atoms with van der Waals surface area (Å²) >= 11 is 0. The SMILES string of the molecule is C=CC1CC2(CC(CC)N1C(=O)OC(C)(C)C)OCCO2. The van der Waals surface area contributed by atoms with Crippen molar-refractivity contribution in [3.63, 3.8) is 0 Å². The highest BCUT2D eigenvalue weighted by Gasteiger charge is 2.49. The van der Waals surface area contributed by atoms with Crippen LogP contribution in [0.4, 0.5) is 4.79 Å². The number of nitrogens with zero attached hydrogens (tertiary/aromatic N) is 1. The lowest BCUT2D eigenvalue weighted by molar-refractivity contribution is -0.201. The summed E-state index contributed by atoms with van der Waals surface area (Å²) in [7, 11) is 0. The average Bonchev–Trinajstić information content (AvgIpc) is 2.83. The van der Waals surface area contributed by atoms with Crippen LogP contribution >= 0.6 is 0 Å². The van der Waals surface area contributed by atoms with E-state index in [-0.39, 0.29) is 18.2 Å². The third-order valence-corrected chi connectivity index (χ3v) is 3.98. The van der Waals surface area contributed by atoms with Gasteiger partial charge in [-0.1, -0.05) is 13.0 Å². The van der Waals surface area contributed by atoms with Gasteiger partial charge in [-0.05, 0) is 27.2 Å². The first-order valence-electron chi connectivity index (χ1n) is 7.72. The summed E-state index contributed by atoms with van der Waals surface area (Å²) in [4.78, 5) is 14.3. The molecule has 2 heterocycles. The molecule has 2 fully saturated rings. The van der Waals surface area contributed by atoms with Crippen LogP contribution in [-0.2, 0) is 14.2 Å². The summed E-state index contributed by atoms with van der Waals surface area (Å²) in [5.41, 5.74) is -0.503. The number of amides is 1. The van der Waals surface area contributed by atoms with E-state index in [9.17, 15) is 4.79 Å². The Kier molecular flexibility index (Phi) is 4.63. The number of carbonyl (C=O) groups is 1. The van der Waals surface area contributed by atoms with Gasteiger partial charge in [0.25, 0.3) is 0 Å². The van der Waals surface area contributed by atoms with Gasteiger partial charge in [-0.3, -0.25) is 4.90 Å². The van der Waals surface area contributed by atoms with Crippen molar-refractivity contribution in [2.24, 2.45) is 0 Å². The number of rotatable bonds is 2. The van der Waals surface area contributed by atoms with Gasteiger partial charge in [0.1, 0.15) is 5.60 Å². The predicted octanol–water partition coefficient (Wildman–Crippen LogP) is 3.09. The third-order valence-electron chi connectivity index (χ3n) is 3.98. The molecule has 0 saturated carbocycles. The molecule has 21 heavy (non-hydrogen) atoms. The minimum atomic E-state index is -0.557. The Morgan fingerprint density at radius 3 is 2.48 bits per heavy atom. The molecule has 2 atom stereocenters. The molecule has 0 aromatic heterocycles. The number of hydrogen-bond acceptors (Lipinski definition) is 4. The molecular formula is C16H27NO4. The van der Waals surface area contributed by atoms with Crippen molar-refractivity contribution in [1.82, 2.24) is 4.90 Å². The molecule has 0 aromatic rings. The molecule has 0 N–H and O–H groups in total. The van der Waals surface area contributed by atoms with Crippen LogP contribution in [0.3, 0.4) is 0 Å². The molecule has 0 aliphatic carbocycles. The molecule has 1 amide bonds. The van der Waals surface area contributed by atoms with Gasteiger partial charge < -0.3 is 14.2 Å². The van der Waals surface area contributed by atoms with E-state index in [1.165, 1.54) is 0 Å². The lowest BCUT2D eigenvalue weighted by Gasteiger charge is -2.47. The Morgan fingerprint density at radius 2 is 2.00 bits per heavy atom. The minimum absolute atomic E-state index is 0.0368. The van der Waals surface area contributed by atoms with Crippen LogP contribution in [0.2, 0.25) is 0 Å². The van der Waals surface area contributed by atoms with Gasteiger partial charge >= 0.3 is 6.09 Å². The fourth-order valence-electron chi connectivity index (χ4n) is 3.10. The summed E-state index contributed by atoms with van der Waals surface area (Å²) in [5.74, 6) is -0.557. The number of piperidine rings is 1. The second kappa shape index (κ2) is 5.97. The smallest absolute Gasteiger partial charge is 0.411 e. The van der Waals surface area contributed by atoms with Crippen LogP contribution in [0, 0.1) is 0 Å². The van der Waals surface area contributed by atoms with Crippen LogP contribution in [0.5, 0.6) is 0 Å². The molecular weight excluding hydrogens is 270 g/mol. The fourth-order valence-corrected chi connectivity index (χ4v) is 3.10. The van der Waals surface area contributed by atoms with Crippen LogP contribution < -0.4 is 0 Å². The molecule has 2 unspecified atom stereocenters. The van der Waals surface area contributed by atoms with E-state index in [4.69, 9.17) is 14.2 Å². The van der Waals surface area contributed by atoms with Crippen molar-refractivity contribution < 1.29 is 19.0 Å². The Balaban J connectivity index is 2.19. The zero-order valence-corrected chi connectivity index (χ0v) is 13.6. The first-order chi connectivity index (χ1) is 9.80. The van der Waals surface area contributed by atoms with Crippen molar-refractivity contribution in [1.29, 1.82) is 0 Å². The van der Waals surface area contributed by atoms with Gasteiger partial charge in [-0.2, -0.15) is 0 Å². The maximum atomic E-state index is 12.5. The summed E-state index contributed by atoms with van der Waals surface area (Å²) in [6.45, 7) is 12.8. The predicted molar refractivity (Wildman–Crippen MR) is 80.0 cm³/mol. The molecule has 5 heteroatoms. The van der Waals surface area contributed by atoms with Crippen molar-refractivity contribution in [2.45, 2.75) is 70.4 Å². The zero-order valence-electron chi connectivity index (χ0n) is 13.6. The highest BCUT2D eigenvalue weighted by molar-refractivity contribution is 5.69. The van der Waals surface area contributed by atoms with Crippen molar-refractivity contribution in [3.8, 4) is 0 Å². The maximum Gasteiger partial charge on any atom is 0.411 e. The molecule has 5 nitrogen and oxygen atoms in total.